The van der Waals surface area contributed by atoms with Crippen molar-refractivity contribution in [2.24, 2.45) is 33.8 Å². The summed E-state index contributed by atoms with van der Waals surface area (Å²) in [5.74, 6) is -3.82. The van der Waals surface area contributed by atoms with Gasteiger partial charge in [-0.3, -0.25) is 24.2 Å². The van der Waals surface area contributed by atoms with Crippen LogP contribution in [0.3, 0.4) is 0 Å². The van der Waals surface area contributed by atoms with Crippen LogP contribution >= 0.6 is 0 Å². The number of hydrogen-bond acceptors (Lipinski definition) is 9. The van der Waals surface area contributed by atoms with Gasteiger partial charge in [0.2, 0.25) is 23.6 Å². The Morgan fingerprint density at radius 1 is 0.930 bits per heavy atom. The first-order valence-corrected chi connectivity index (χ1v) is 14.8. The number of aliphatic imine (C=N–C) groups is 1. The molecule has 6 unspecified atom stereocenters. The molecule has 16 heteroatoms. The molecule has 1 aliphatic rings. The zero-order chi connectivity index (χ0) is 32.7. The van der Waals surface area contributed by atoms with Gasteiger partial charge < -0.3 is 54.0 Å². The Labute approximate surface area is 252 Å². The number of likely N-dealkylation sites (tertiary alicyclic amines) is 1. The predicted molar refractivity (Wildman–Crippen MR) is 160 cm³/mol. The standard InChI is InChI=1S/C27H51N9O7/c1-15(2)14-19(26(42)43)35-23(39)17(8-4-5-11-28)33-22(38)18(9-6-12-32-27(30)31)34-24(40)20-10-7-13-36(20)25(41)21(29)16(3)37/h15-21,37H,4-14,28-29H2,1-3H3,(H,33,38)(H,34,40)(H,35,39)(H,42,43)(H4,30,31,32). The molecule has 43 heavy (non-hydrogen) atoms. The van der Waals surface area contributed by atoms with Crippen molar-refractivity contribution >= 4 is 35.6 Å². The Hall–Kier alpha value is -3.50. The number of rotatable bonds is 19. The number of hydrogen-bond donors (Lipinski definition) is 9. The number of carbonyl (C=O) groups is 5. The van der Waals surface area contributed by atoms with Crippen molar-refractivity contribution in [3.8, 4) is 0 Å². The molecule has 16 nitrogen and oxygen atoms in total. The predicted octanol–water partition coefficient (Wildman–Crippen LogP) is -2.55. The Bertz CT molecular complexity index is 972. The molecule has 246 valence electrons. The zero-order valence-corrected chi connectivity index (χ0v) is 25.5. The van der Waals surface area contributed by atoms with E-state index in [-0.39, 0.29) is 44.2 Å². The highest BCUT2D eigenvalue weighted by Gasteiger charge is 2.39. The van der Waals surface area contributed by atoms with Crippen molar-refractivity contribution in [1.29, 1.82) is 0 Å². The third-order valence-electron chi connectivity index (χ3n) is 7.12. The lowest BCUT2D eigenvalue weighted by Crippen LogP contribution is -2.58. The summed E-state index contributed by atoms with van der Waals surface area (Å²) in [6.45, 7) is 5.85. The minimum absolute atomic E-state index is 0.00587. The van der Waals surface area contributed by atoms with Crippen LogP contribution in [0.15, 0.2) is 4.99 Å². The van der Waals surface area contributed by atoms with Crippen molar-refractivity contribution in [2.45, 2.75) is 108 Å². The van der Waals surface area contributed by atoms with Crippen LogP contribution < -0.4 is 38.9 Å². The summed E-state index contributed by atoms with van der Waals surface area (Å²) in [5, 5.41) is 27.2. The Balaban J connectivity index is 3.15. The van der Waals surface area contributed by atoms with Gasteiger partial charge in [-0.05, 0) is 70.8 Å². The Morgan fingerprint density at radius 2 is 1.51 bits per heavy atom. The maximum atomic E-state index is 13.5. The molecule has 1 heterocycles. The number of carboxylic acid groups (broad SMARTS) is 1. The zero-order valence-electron chi connectivity index (χ0n) is 25.5. The fourth-order valence-electron chi connectivity index (χ4n) is 4.74. The van der Waals surface area contributed by atoms with Crippen LogP contribution in [-0.2, 0) is 24.0 Å². The molecule has 0 aromatic carbocycles. The summed E-state index contributed by atoms with van der Waals surface area (Å²) >= 11 is 0. The van der Waals surface area contributed by atoms with Crippen molar-refractivity contribution in [3.05, 3.63) is 0 Å². The van der Waals surface area contributed by atoms with E-state index in [1.807, 2.05) is 13.8 Å². The molecular weight excluding hydrogens is 562 g/mol. The maximum Gasteiger partial charge on any atom is 0.326 e. The fourth-order valence-corrected chi connectivity index (χ4v) is 4.74. The smallest absolute Gasteiger partial charge is 0.326 e. The minimum Gasteiger partial charge on any atom is -0.480 e. The van der Waals surface area contributed by atoms with E-state index in [9.17, 15) is 34.2 Å². The van der Waals surface area contributed by atoms with Crippen LogP contribution in [0.25, 0.3) is 0 Å². The molecule has 1 aliphatic heterocycles. The second kappa shape index (κ2) is 18.9. The van der Waals surface area contributed by atoms with Crippen LogP contribution in [0, 0.1) is 5.92 Å². The number of nitrogens with two attached hydrogens (primary N) is 4. The molecule has 4 amide bonds. The number of aliphatic carboxylic acids is 1. The summed E-state index contributed by atoms with van der Waals surface area (Å²) < 4.78 is 0. The molecule has 1 saturated heterocycles. The summed E-state index contributed by atoms with van der Waals surface area (Å²) in [6, 6.07) is -5.46. The molecule has 0 aromatic rings. The van der Waals surface area contributed by atoms with Crippen molar-refractivity contribution < 1.29 is 34.2 Å². The van der Waals surface area contributed by atoms with Crippen LogP contribution in [-0.4, -0.2) is 107 Å². The molecule has 6 atom stereocenters. The number of aliphatic hydroxyl groups is 1. The van der Waals surface area contributed by atoms with E-state index < -0.39 is 65.9 Å². The first-order valence-electron chi connectivity index (χ1n) is 14.8. The second-order valence-electron chi connectivity index (χ2n) is 11.3. The lowest BCUT2D eigenvalue weighted by atomic mass is 10.0. The highest BCUT2D eigenvalue weighted by Crippen LogP contribution is 2.19. The van der Waals surface area contributed by atoms with E-state index in [2.05, 4.69) is 20.9 Å². The molecule has 0 aromatic heterocycles. The van der Waals surface area contributed by atoms with Gasteiger partial charge in [0.05, 0.1) is 6.10 Å². The summed E-state index contributed by atoms with van der Waals surface area (Å²) in [7, 11) is 0. The van der Waals surface area contributed by atoms with Gasteiger partial charge in [0.15, 0.2) is 5.96 Å². The van der Waals surface area contributed by atoms with Crippen LogP contribution in [0.4, 0.5) is 0 Å². The van der Waals surface area contributed by atoms with E-state index >= 15 is 0 Å². The molecule has 0 bridgehead atoms. The third-order valence-corrected chi connectivity index (χ3v) is 7.12. The monoisotopic (exact) mass is 613 g/mol. The SMILES string of the molecule is CC(C)CC(NC(=O)C(CCCCN)NC(=O)C(CCCN=C(N)N)NC(=O)C1CCCN1C(=O)C(N)C(C)O)C(=O)O. The highest BCUT2D eigenvalue weighted by molar-refractivity contribution is 5.95. The van der Waals surface area contributed by atoms with Gasteiger partial charge in [0, 0.05) is 13.1 Å². The summed E-state index contributed by atoms with van der Waals surface area (Å²) in [5.41, 5.74) is 22.2. The van der Waals surface area contributed by atoms with Crippen LogP contribution in [0.2, 0.25) is 0 Å². The molecule has 1 rings (SSSR count). The molecule has 1 fully saturated rings. The van der Waals surface area contributed by atoms with Crippen molar-refractivity contribution in [3.63, 3.8) is 0 Å². The average Bonchev–Trinajstić information content (AvgIpc) is 3.42. The second-order valence-corrected chi connectivity index (χ2v) is 11.3. The molecule has 0 radical (unpaired) electrons. The quantitative estimate of drug-likeness (QED) is 0.0415. The average molecular weight is 614 g/mol. The van der Waals surface area contributed by atoms with Gasteiger partial charge in [0.25, 0.3) is 0 Å². The Morgan fingerprint density at radius 3 is 2.05 bits per heavy atom. The van der Waals surface area contributed by atoms with Gasteiger partial charge in [-0.25, -0.2) is 4.79 Å². The van der Waals surface area contributed by atoms with E-state index in [1.165, 1.54) is 11.8 Å². The number of amides is 4. The third kappa shape index (κ3) is 13.1. The van der Waals surface area contributed by atoms with E-state index in [0.29, 0.717) is 38.6 Å². The lowest BCUT2D eigenvalue weighted by Gasteiger charge is -2.29. The molecule has 13 N–H and O–H groups in total. The largest absolute Gasteiger partial charge is 0.480 e. The van der Waals surface area contributed by atoms with Gasteiger partial charge in [0.1, 0.15) is 30.2 Å². The molecule has 0 aliphatic carbocycles. The normalized spacial score (nSPS) is 18.2. The highest BCUT2D eigenvalue weighted by atomic mass is 16.4. The van der Waals surface area contributed by atoms with Gasteiger partial charge in [-0.15, -0.1) is 0 Å². The van der Waals surface area contributed by atoms with Crippen LogP contribution in [0.5, 0.6) is 0 Å². The number of carbonyl (C=O) groups excluding carboxylic acids is 4. The number of unbranched alkanes of at least 4 members (excludes halogenated alkanes) is 1. The first-order chi connectivity index (χ1) is 20.2. The van der Waals surface area contributed by atoms with Gasteiger partial charge in [-0.1, -0.05) is 13.8 Å². The van der Waals surface area contributed by atoms with Crippen molar-refractivity contribution in [1.82, 2.24) is 20.9 Å². The fraction of sp³-hybridized carbons (Fsp3) is 0.778. The first kappa shape index (κ1) is 37.5. The number of nitrogens with one attached hydrogen (secondary N) is 3. The van der Waals surface area contributed by atoms with Crippen LogP contribution in [0.1, 0.15) is 72.1 Å². The number of guanidine groups is 1. The molecule has 0 spiro atoms. The van der Waals surface area contributed by atoms with Gasteiger partial charge in [-0.2, -0.15) is 0 Å². The molecular formula is C27H51N9O7. The van der Waals surface area contributed by atoms with E-state index in [0.717, 1.165) is 0 Å². The summed E-state index contributed by atoms with van der Waals surface area (Å²) in [4.78, 5) is 69.8. The van der Waals surface area contributed by atoms with Gasteiger partial charge >= 0.3 is 5.97 Å². The van der Waals surface area contributed by atoms with E-state index in [1.54, 1.807) is 0 Å². The minimum atomic E-state index is -1.20. The lowest BCUT2D eigenvalue weighted by molar-refractivity contribution is -0.143. The number of aliphatic hydroxyl groups excluding tert-OH is 1. The number of carboxylic acids is 1. The van der Waals surface area contributed by atoms with E-state index in [4.69, 9.17) is 22.9 Å². The Kier molecular flexibility index (Phi) is 16.5. The summed E-state index contributed by atoms with van der Waals surface area (Å²) in [6.07, 6.45) is 1.61. The molecule has 0 saturated carbocycles. The number of nitrogens with zero attached hydrogens (tertiary/aromatic N) is 2. The maximum absolute atomic E-state index is 13.5. The topological polar surface area (TPSA) is 282 Å². The van der Waals surface area contributed by atoms with Crippen molar-refractivity contribution in [2.75, 3.05) is 19.6 Å².